The number of hydrogen-bond donors (Lipinski definition) is 1. The summed E-state index contributed by atoms with van der Waals surface area (Å²) < 4.78 is 7.54. The van der Waals surface area contributed by atoms with Gasteiger partial charge in [0.2, 0.25) is 0 Å². The molecule has 1 aliphatic carbocycles. The van der Waals surface area contributed by atoms with Crippen LogP contribution in [0.25, 0.3) is 0 Å². The molecule has 3 aliphatic rings. The van der Waals surface area contributed by atoms with Gasteiger partial charge in [0, 0.05) is 44.3 Å². The molecule has 114 valence electrons. The van der Waals surface area contributed by atoms with Gasteiger partial charge in [0.25, 0.3) is 5.91 Å². The number of carbonyl (C=O) groups is 1. The number of carbonyl (C=O) groups excluding carboxylic acids is 1. The molecule has 0 unspecified atom stereocenters. The van der Waals surface area contributed by atoms with Crippen molar-refractivity contribution >= 4 is 5.91 Å². The van der Waals surface area contributed by atoms with E-state index in [4.69, 9.17) is 4.74 Å². The first-order valence-electron chi connectivity index (χ1n) is 7.96. The first-order chi connectivity index (χ1) is 10.2. The van der Waals surface area contributed by atoms with E-state index < -0.39 is 0 Å². The molecule has 4 rings (SSSR count). The van der Waals surface area contributed by atoms with E-state index in [9.17, 15) is 4.79 Å². The summed E-state index contributed by atoms with van der Waals surface area (Å²) in [6.45, 7) is 3.77. The van der Waals surface area contributed by atoms with E-state index in [2.05, 4.69) is 10.2 Å². The zero-order valence-electron chi connectivity index (χ0n) is 12.5. The summed E-state index contributed by atoms with van der Waals surface area (Å²) in [5, 5.41) is 3.24. The maximum absolute atomic E-state index is 12.4. The fourth-order valence-electron chi connectivity index (χ4n) is 3.78. The van der Waals surface area contributed by atoms with Crippen LogP contribution in [0.2, 0.25) is 0 Å². The highest BCUT2D eigenvalue weighted by atomic mass is 16.5. The molecule has 0 radical (unpaired) electrons. The zero-order chi connectivity index (χ0) is 14.4. The van der Waals surface area contributed by atoms with Crippen LogP contribution in [0.5, 0.6) is 0 Å². The van der Waals surface area contributed by atoms with Gasteiger partial charge in [-0.25, -0.2) is 0 Å². The monoisotopic (exact) mass is 289 g/mol. The van der Waals surface area contributed by atoms with Crippen LogP contribution >= 0.6 is 0 Å². The number of hydrogen-bond acceptors (Lipinski definition) is 3. The van der Waals surface area contributed by atoms with Gasteiger partial charge in [-0.05, 0) is 30.9 Å². The Balaban J connectivity index is 1.44. The number of aromatic nitrogens is 1. The van der Waals surface area contributed by atoms with Crippen LogP contribution in [-0.4, -0.2) is 53.8 Å². The Bertz CT molecular complexity index is 537. The van der Waals surface area contributed by atoms with Gasteiger partial charge >= 0.3 is 0 Å². The van der Waals surface area contributed by atoms with Crippen molar-refractivity contribution in [3.05, 3.63) is 24.0 Å². The molecule has 1 aromatic rings. The lowest BCUT2D eigenvalue weighted by molar-refractivity contribution is 0.0907. The van der Waals surface area contributed by atoms with E-state index in [-0.39, 0.29) is 11.9 Å². The van der Waals surface area contributed by atoms with Gasteiger partial charge in [-0.3, -0.25) is 9.69 Å². The van der Waals surface area contributed by atoms with Crippen LogP contribution in [0.3, 0.4) is 0 Å². The maximum Gasteiger partial charge on any atom is 0.268 e. The number of nitrogens with one attached hydrogen (secondary N) is 1. The summed E-state index contributed by atoms with van der Waals surface area (Å²) >= 11 is 0. The minimum Gasteiger partial charge on any atom is -0.379 e. The van der Waals surface area contributed by atoms with Gasteiger partial charge in [0.1, 0.15) is 5.69 Å². The van der Waals surface area contributed by atoms with E-state index in [0.29, 0.717) is 12.0 Å². The molecule has 1 N–H and O–H groups in total. The quantitative estimate of drug-likeness (QED) is 0.894. The van der Waals surface area contributed by atoms with Crippen LogP contribution in [0.1, 0.15) is 23.3 Å². The highest BCUT2D eigenvalue weighted by Crippen LogP contribution is 2.36. The highest BCUT2D eigenvalue weighted by Gasteiger charge is 2.47. The topological polar surface area (TPSA) is 46.5 Å². The molecular formula is C16H23N3O2. The number of ether oxygens (including phenoxy) is 1. The van der Waals surface area contributed by atoms with Gasteiger partial charge < -0.3 is 14.6 Å². The standard InChI is InChI=1S/C16H23N3O2/c1-18-6-2-3-14(18)16(20)17-13-8-19(7-11-4-5-11)15-10-21-9-12(13)15/h2-3,6,11-13,15H,4-5,7-10H2,1H3,(H,17,20)/t12-,13-,15-/m1/s1. The smallest absolute Gasteiger partial charge is 0.268 e. The Morgan fingerprint density at radius 1 is 1.43 bits per heavy atom. The lowest BCUT2D eigenvalue weighted by atomic mass is 10.00. The van der Waals surface area contributed by atoms with E-state index in [1.54, 1.807) is 0 Å². The van der Waals surface area contributed by atoms with Crippen LogP contribution < -0.4 is 5.32 Å². The Kier molecular flexibility index (Phi) is 3.27. The minimum absolute atomic E-state index is 0.0337. The van der Waals surface area contributed by atoms with Gasteiger partial charge in [-0.15, -0.1) is 0 Å². The number of nitrogens with zero attached hydrogens (tertiary/aromatic N) is 2. The molecule has 5 nitrogen and oxygen atoms in total. The number of fused-ring (bicyclic) bond motifs is 1. The number of rotatable bonds is 4. The number of amides is 1. The summed E-state index contributed by atoms with van der Waals surface area (Å²) in [6.07, 6.45) is 4.65. The van der Waals surface area contributed by atoms with Crippen molar-refractivity contribution in [2.75, 3.05) is 26.3 Å². The molecule has 21 heavy (non-hydrogen) atoms. The van der Waals surface area contributed by atoms with Crippen molar-refractivity contribution in [3.63, 3.8) is 0 Å². The van der Waals surface area contributed by atoms with Gasteiger partial charge in [-0.2, -0.15) is 0 Å². The lowest BCUT2D eigenvalue weighted by Gasteiger charge is -2.21. The van der Waals surface area contributed by atoms with Crippen molar-refractivity contribution in [1.29, 1.82) is 0 Å². The van der Waals surface area contributed by atoms with Gasteiger partial charge in [-0.1, -0.05) is 0 Å². The molecule has 1 aromatic heterocycles. The van der Waals surface area contributed by atoms with Crippen molar-refractivity contribution in [2.45, 2.75) is 24.9 Å². The largest absolute Gasteiger partial charge is 0.379 e. The third-order valence-corrected chi connectivity index (χ3v) is 5.19. The Morgan fingerprint density at radius 2 is 2.29 bits per heavy atom. The molecule has 5 heteroatoms. The molecule has 3 atom stereocenters. The zero-order valence-corrected chi connectivity index (χ0v) is 12.5. The SMILES string of the molecule is Cn1cccc1C(=O)N[C@@H]1CN(CC2CC2)[C@@H]2COC[C@@H]21. The van der Waals surface area contributed by atoms with Crippen molar-refractivity contribution < 1.29 is 9.53 Å². The third-order valence-electron chi connectivity index (χ3n) is 5.19. The first-order valence-corrected chi connectivity index (χ1v) is 7.96. The fourth-order valence-corrected chi connectivity index (χ4v) is 3.78. The van der Waals surface area contributed by atoms with E-state index in [1.165, 1.54) is 19.4 Å². The predicted molar refractivity (Wildman–Crippen MR) is 79.1 cm³/mol. The molecule has 0 aromatic carbocycles. The van der Waals surface area contributed by atoms with Crippen LogP contribution in [0, 0.1) is 11.8 Å². The second-order valence-corrected chi connectivity index (χ2v) is 6.75. The van der Waals surface area contributed by atoms with Crippen LogP contribution in [0.15, 0.2) is 18.3 Å². The van der Waals surface area contributed by atoms with Gasteiger partial charge in [0.15, 0.2) is 0 Å². The van der Waals surface area contributed by atoms with Crippen molar-refractivity contribution in [3.8, 4) is 0 Å². The van der Waals surface area contributed by atoms with Crippen molar-refractivity contribution in [1.82, 2.24) is 14.8 Å². The molecule has 3 fully saturated rings. The van der Waals surface area contributed by atoms with E-state index in [0.717, 1.165) is 31.4 Å². The minimum atomic E-state index is 0.0337. The molecular weight excluding hydrogens is 266 g/mol. The van der Waals surface area contributed by atoms with Gasteiger partial charge in [0.05, 0.1) is 13.2 Å². The molecule has 2 saturated heterocycles. The average Bonchev–Trinajstić information content (AvgIpc) is 2.88. The average molecular weight is 289 g/mol. The predicted octanol–water partition coefficient (Wildman–Crippen LogP) is 0.864. The molecule has 1 saturated carbocycles. The Hall–Kier alpha value is -1.33. The fraction of sp³-hybridized carbons (Fsp3) is 0.688. The van der Waals surface area contributed by atoms with Crippen LogP contribution in [0.4, 0.5) is 0 Å². The van der Waals surface area contributed by atoms with Crippen LogP contribution in [-0.2, 0) is 11.8 Å². The van der Waals surface area contributed by atoms with Crippen molar-refractivity contribution in [2.24, 2.45) is 18.9 Å². The maximum atomic E-state index is 12.4. The molecule has 0 spiro atoms. The summed E-state index contributed by atoms with van der Waals surface area (Å²) in [6, 6.07) is 4.50. The number of aryl methyl sites for hydroxylation is 1. The molecule has 3 heterocycles. The second kappa shape index (κ2) is 5.14. The summed E-state index contributed by atoms with van der Waals surface area (Å²) in [5.74, 6) is 1.37. The third kappa shape index (κ3) is 2.49. The summed E-state index contributed by atoms with van der Waals surface area (Å²) in [4.78, 5) is 15.0. The lowest BCUT2D eigenvalue weighted by Crippen LogP contribution is -2.42. The normalized spacial score (nSPS) is 32.3. The Labute approximate surface area is 125 Å². The Morgan fingerprint density at radius 3 is 3.00 bits per heavy atom. The molecule has 2 aliphatic heterocycles. The molecule has 0 bridgehead atoms. The molecule has 1 amide bonds. The van der Waals surface area contributed by atoms with E-state index in [1.807, 2.05) is 29.9 Å². The van der Waals surface area contributed by atoms with E-state index >= 15 is 0 Å². The summed E-state index contributed by atoms with van der Waals surface area (Å²) in [7, 11) is 1.91. The second-order valence-electron chi connectivity index (χ2n) is 6.75. The first kappa shape index (κ1) is 13.3. The highest BCUT2D eigenvalue weighted by molar-refractivity contribution is 5.93. The summed E-state index contributed by atoms with van der Waals surface area (Å²) in [5.41, 5.74) is 0.728. The number of likely N-dealkylation sites (tertiary alicyclic amines) is 1.